The molecule has 0 bridgehead atoms. The van der Waals surface area contributed by atoms with E-state index in [0.29, 0.717) is 5.92 Å². The Labute approximate surface area is 216 Å². The zero-order chi connectivity index (χ0) is 24.9. The topological polar surface area (TPSA) is 16.4 Å². The second-order valence-corrected chi connectivity index (χ2v) is 10.0. The molecule has 0 saturated heterocycles. The Morgan fingerprint density at radius 1 is 0.541 bits per heavy atom. The Balaban J connectivity index is 1.55. The van der Waals surface area contributed by atoms with Crippen molar-refractivity contribution in [2.45, 2.75) is 19.8 Å². The molecule has 0 aliphatic rings. The standard InChI is InChI=1S/C35H27NO/c1-23(2)24-16-18-28(19-17-24)36(27-12-4-3-5-13-27)32-22-34-35(30-15-9-8-14-29(30)32)31-20-25-10-6-7-11-26(25)21-33(31)37-34/h3-23H,1-2H3. The number of para-hydroxylation sites is 1. The molecule has 0 unspecified atom stereocenters. The lowest BCUT2D eigenvalue weighted by atomic mass is 9.99. The summed E-state index contributed by atoms with van der Waals surface area (Å²) in [6, 6.07) is 43.3. The molecule has 0 N–H and O–H groups in total. The molecule has 37 heavy (non-hydrogen) atoms. The van der Waals surface area contributed by atoms with Gasteiger partial charge in [0.15, 0.2) is 0 Å². The molecule has 7 rings (SSSR count). The van der Waals surface area contributed by atoms with Crippen LogP contribution in [0.5, 0.6) is 0 Å². The monoisotopic (exact) mass is 477 g/mol. The Hall–Kier alpha value is -4.56. The lowest BCUT2D eigenvalue weighted by molar-refractivity contribution is 0.670. The van der Waals surface area contributed by atoms with E-state index in [-0.39, 0.29) is 0 Å². The van der Waals surface area contributed by atoms with Crippen molar-refractivity contribution in [1.82, 2.24) is 0 Å². The van der Waals surface area contributed by atoms with Crippen molar-refractivity contribution in [2.75, 3.05) is 4.90 Å². The molecule has 178 valence electrons. The molecule has 0 saturated carbocycles. The fourth-order valence-corrected chi connectivity index (χ4v) is 5.50. The predicted octanol–water partition coefficient (Wildman–Crippen LogP) is 10.5. The van der Waals surface area contributed by atoms with E-state index in [9.17, 15) is 0 Å². The van der Waals surface area contributed by atoms with Crippen molar-refractivity contribution in [2.24, 2.45) is 0 Å². The van der Waals surface area contributed by atoms with E-state index in [1.54, 1.807) is 0 Å². The maximum absolute atomic E-state index is 6.56. The Kier molecular flexibility index (Phi) is 5.00. The van der Waals surface area contributed by atoms with Crippen molar-refractivity contribution in [3.05, 3.63) is 127 Å². The van der Waals surface area contributed by atoms with Crippen LogP contribution >= 0.6 is 0 Å². The fourth-order valence-electron chi connectivity index (χ4n) is 5.50. The van der Waals surface area contributed by atoms with Crippen LogP contribution in [0, 0.1) is 0 Å². The maximum Gasteiger partial charge on any atom is 0.138 e. The van der Waals surface area contributed by atoms with Crippen molar-refractivity contribution in [1.29, 1.82) is 0 Å². The van der Waals surface area contributed by atoms with Gasteiger partial charge in [-0.15, -0.1) is 0 Å². The van der Waals surface area contributed by atoms with Gasteiger partial charge in [0.1, 0.15) is 11.2 Å². The van der Waals surface area contributed by atoms with Gasteiger partial charge in [0.25, 0.3) is 0 Å². The first-order chi connectivity index (χ1) is 18.2. The van der Waals surface area contributed by atoms with Crippen LogP contribution in [0.1, 0.15) is 25.3 Å². The fraction of sp³-hybridized carbons (Fsp3) is 0.0857. The largest absolute Gasteiger partial charge is 0.456 e. The van der Waals surface area contributed by atoms with Gasteiger partial charge in [-0.05, 0) is 64.0 Å². The van der Waals surface area contributed by atoms with Crippen molar-refractivity contribution < 1.29 is 4.42 Å². The lowest BCUT2D eigenvalue weighted by Gasteiger charge is -2.27. The summed E-state index contributed by atoms with van der Waals surface area (Å²) in [5.41, 5.74) is 6.51. The Morgan fingerprint density at radius 2 is 1.16 bits per heavy atom. The maximum atomic E-state index is 6.56. The summed E-state index contributed by atoms with van der Waals surface area (Å²) in [7, 11) is 0. The van der Waals surface area contributed by atoms with Gasteiger partial charge in [0.2, 0.25) is 0 Å². The minimum Gasteiger partial charge on any atom is -0.456 e. The molecule has 6 aromatic carbocycles. The van der Waals surface area contributed by atoms with Gasteiger partial charge in [-0.25, -0.2) is 0 Å². The van der Waals surface area contributed by atoms with Crippen LogP contribution in [-0.2, 0) is 0 Å². The average molecular weight is 478 g/mol. The number of benzene rings is 6. The van der Waals surface area contributed by atoms with E-state index in [2.05, 4.69) is 140 Å². The zero-order valence-electron chi connectivity index (χ0n) is 21.0. The number of anilines is 3. The zero-order valence-corrected chi connectivity index (χ0v) is 21.0. The van der Waals surface area contributed by atoms with Gasteiger partial charge in [-0.3, -0.25) is 0 Å². The SMILES string of the molecule is CC(C)c1ccc(N(c2ccccc2)c2cc3oc4cc5ccccc5cc4c3c3ccccc23)cc1. The number of fused-ring (bicyclic) bond motifs is 6. The quantitative estimate of drug-likeness (QED) is 0.251. The number of nitrogens with zero attached hydrogens (tertiary/aromatic N) is 1. The number of rotatable bonds is 4. The van der Waals surface area contributed by atoms with Gasteiger partial charge < -0.3 is 9.32 Å². The normalized spacial score (nSPS) is 11.8. The van der Waals surface area contributed by atoms with Gasteiger partial charge >= 0.3 is 0 Å². The number of furan rings is 1. The summed E-state index contributed by atoms with van der Waals surface area (Å²) >= 11 is 0. The molecule has 2 heteroatoms. The first kappa shape index (κ1) is 21.7. The smallest absolute Gasteiger partial charge is 0.138 e. The van der Waals surface area contributed by atoms with Gasteiger partial charge in [0.05, 0.1) is 5.69 Å². The van der Waals surface area contributed by atoms with E-state index in [4.69, 9.17) is 4.42 Å². The van der Waals surface area contributed by atoms with Crippen molar-refractivity contribution in [3.63, 3.8) is 0 Å². The minimum absolute atomic E-state index is 0.488. The molecule has 1 heterocycles. The molecule has 7 aromatic rings. The molecule has 0 radical (unpaired) electrons. The summed E-state index contributed by atoms with van der Waals surface area (Å²) < 4.78 is 6.56. The van der Waals surface area contributed by atoms with Crippen LogP contribution in [0.3, 0.4) is 0 Å². The molecule has 0 fully saturated rings. The van der Waals surface area contributed by atoms with Crippen molar-refractivity contribution in [3.8, 4) is 0 Å². The molecule has 0 aliphatic carbocycles. The summed E-state index contributed by atoms with van der Waals surface area (Å²) in [6.45, 7) is 4.47. The third-order valence-electron chi connectivity index (χ3n) is 7.40. The number of hydrogen-bond donors (Lipinski definition) is 0. The van der Waals surface area contributed by atoms with E-state index >= 15 is 0 Å². The molecule has 2 nitrogen and oxygen atoms in total. The highest BCUT2D eigenvalue weighted by atomic mass is 16.3. The Bertz CT molecular complexity index is 1900. The lowest BCUT2D eigenvalue weighted by Crippen LogP contribution is -2.10. The van der Waals surface area contributed by atoms with E-state index < -0.39 is 0 Å². The van der Waals surface area contributed by atoms with E-state index in [1.807, 2.05) is 0 Å². The molecular weight excluding hydrogens is 450 g/mol. The highest BCUT2D eigenvalue weighted by molar-refractivity contribution is 6.23. The van der Waals surface area contributed by atoms with Crippen LogP contribution in [-0.4, -0.2) is 0 Å². The summed E-state index contributed by atoms with van der Waals surface area (Å²) in [6.07, 6.45) is 0. The van der Waals surface area contributed by atoms with E-state index in [1.165, 1.54) is 32.5 Å². The molecule has 0 atom stereocenters. The van der Waals surface area contributed by atoms with E-state index in [0.717, 1.165) is 33.6 Å². The second kappa shape index (κ2) is 8.53. The van der Waals surface area contributed by atoms with Crippen LogP contribution in [0.2, 0.25) is 0 Å². The summed E-state index contributed by atoms with van der Waals surface area (Å²) in [5.74, 6) is 0.488. The molecule has 1 aromatic heterocycles. The summed E-state index contributed by atoms with van der Waals surface area (Å²) in [5, 5.41) is 7.13. The highest BCUT2D eigenvalue weighted by Gasteiger charge is 2.20. The Morgan fingerprint density at radius 3 is 1.89 bits per heavy atom. The molecule has 0 aliphatic heterocycles. The molecular formula is C35H27NO. The number of hydrogen-bond acceptors (Lipinski definition) is 2. The average Bonchev–Trinajstić information content (AvgIpc) is 3.30. The van der Waals surface area contributed by atoms with Crippen LogP contribution < -0.4 is 4.90 Å². The van der Waals surface area contributed by atoms with Crippen LogP contribution in [0.25, 0.3) is 43.5 Å². The predicted molar refractivity (Wildman–Crippen MR) is 158 cm³/mol. The van der Waals surface area contributed by atoms with Crippen LogP contribution in [0.4, 0.5) is 17.1 Å². The van der Waals surface area contributed by atoms with Gasteiger partial charge in [-0.1, -0.05) is 92.7 Å². The van der Waals surface area contributed by atoms with Crippen molar-refractivity contribution >= 4 is 60.5 Å². The first-order valence-electron chi connectivity index (χ1n) is 12.9. The third-order valence-corrected chi connectivity index (χ3v) is 7.40. The first-order valence-corrected chi connectivity index (χ1v) is 12.9. The van der Waals surface area contributed by atoms with Gasteiger partial charge in [0, 0.05) is 33.6 Å². The minimum atomic E-state index is 0.488. The summed E-state index contributed by atoms with van der Waals surface area (Å²) in [4.78, 5) is 2.34. The third kappa shape index (κ3) is 3.56. The highest BCUT2D eigenvalue weighted by Crippen LogP contribution is 2.45. The van der Waals surface area contributed by atoms with Crippen LogP contribution in [0.15, 0.2) is 126 Å². The molecule has 0 spiro atoms. The molecule has 0 amide bonds. The second-order valence-electron chi connectivity index (χ2n) is 10.0. The van der Waals surface area contributed by atoms with Gasteiger partial charge in [-0.2, -0.15) is 0 Å².